The Labute approximate surface area is 89.0 Å². The van der Waals surface area contributed by atoms with E-state index in [0.717, 1.165) is 13.2 Å². The van der Waals surface area contributed by atoms with Gasteiger partial charge in [0, 0.05) is 12.0 Å². The van der Waals surface area contributed by atoms with Gasteiger partial charge in [-0.2, -0.15) is 0 Å². The summed E-state index contributed by atoms with van der Waals surface area (Å²) in [6.07, 6.45) is 0. The van der Waals surface area contributed by atoms with Crippen LogP contribution in [0.3, 0.4) is 0 Å². The minimum absolute atomic E-state index is 0.0175. The third kappa shape index (κ3) is 1.59. The van der Waals surface area contributed by atoms with Crippen LogP contribution in [0, 0.1) is 5.41 Å². The van der Waals surface area contributed by atoms with Crippen LogP contribution in [0.25, 0.3) is 0 Å². The van der Waals surface area contributed by atoms with E-state index in [1.807, 2.05) is 0 Å². The minimum Gasteiger partial charge on any atom is -0.378 e. The summed E-state index contributed by atoms with van der Waals surface area (Å²) in [6.45, 7) is 6.35. The molecule has 0 saturated carbocycles. The van der Waals surface area contributed by atoms with Crippen LogP contribution >= 0.6 is 0 Å². The first-order chi connectivity index (χ1) is 7.23. The van der Waals surface area contributed by atoms with Gasteiger partial charge in [0.1, 0.15) is 6.04 Å². The zero-order chi connectivity index (χ0) is 10.4. The molecule has 0 aromatic carbocycles. The molecule has 0 aliphatic carbocycles. The largest absolute Gasteiger partial charge is 0.378 e. The fourth-order valence-electron chi connectivity index (χ4n) is 2.17. The molecule has 5 heteroatoms. The van der Waals surface area contributed by atoms with Gasteiger partial charge in [0.2, 0.25) is 0 Å². The average molecular weight is 215 g/mol. The highest BCUT2D eigenvalue weighted by atomic mass is 16.9. The summed E-state index contributed by atoms with van der Waals surface area (Å²) >= 11 is 0. The van der Waals surface area contributed by atoms with Crippen LogP contribution in [0.5, 0.6) is 0 Å². The van der Waals surface area contributed by atoms with Crippen molar-refractivity contribution in [2.24, 2.45) is 5.41 Å². The summed E-state index contributed by atoms with van der Waals surface area (Å²) in [4.78, 5) is 0. The highest BCUT2D eigenvalue weighted by Gasteiger charge is 2.55. The number of hydrogen-bond donors (Lipinski definition) is 1. The number of nitrogens with one attached hydrogen (secondary N) is 1. The molecule has 4 aliphatic rings. The highest BCUT2D eigenvalue weighted by Crippen LogP contribution is 2.39. The molecule has 1 N–H and O–H groups in total. The number of rotatable bonds is 1. The van der Waals surface area contributed by atoms with Crippen molar-refractivity contribution in [2.45, 2.75) is 18.9 Å². The number of morpholine rings is 1. The van der Waals surface area contributed by atoms with Crippen LogP contribution in [-0.2, 0) is 18.9 Å². The summed E-state index contributed by atoms with van der Waals surface area (Å²) in [5, 5.41) is 3.32. The van der Waals surface area contributed by atoms with Crippen molar-refractivity contribution in [1.82, 2.24) is 5.32 Å². The maximum atomic E-state index is 5.72. The third-order valence-corrected chi connectivity index (χ3v) is 3.21. The molecule has 2 bridgehead atoms. The standard InChI is InChI=1S/C10H17NO4/c1-9-5-13-10(14-6-9,15-7-9)8-4-12-3-2-11-8/h8,11H,2-7H2,1H3. The Bertz CT molecular complexity index is 227. The number of fused-ring (bicyclic) bond motifs is 3. The molecule has 4 fully saturated rings. The Balaban J connectivity index is 1.74. The van der Waals surface area contributed by atoms with Gasteiger partial charge in [0.05, 0.1) is 33.0 Å². The quantitative estimate of drug-likeness (QED) is 0.651. The van der Waals surface area contributed by atoms with Gasteiger partial charge < -0.3 is 24.3 Å². The van der Waals surface area contributed by atoms with E-state index >= 15 is 0 Å². The second-order valence-corrected chi connectivity index (χ2v) is 4.86. The third-order valence-electron chi connectivity index (χ3n) is 3.21. The Hall–Kier alpha value is -0.200. The van der Waals surface area contributed by atoms with Crippen molar-refractivity contribution in [3.63, 3.8) is 0 Å². The van der Waals surface area contributed by atoms with Crippen LogP contribution in [0.15, 0.2) is 0 Å². The van der Waals surface area contributed by atoms with Crippen molar-refractivity contribution in [3.05, 3.63) is 0 Å². The van der Waals surface area contributed by atoms with Crippen molar-refractivity contribution in [2.75, 3.05) is 39.6 Å². The SMILES string of the molecule is CC12COC(C3COCCN3)(OC1)OC2. The van der Waals surface area contributed by atoms with E-state index in [0.29, 0.717) is 26.4 Å². The van der Waals surface area contributed by atoms with Gasteiger partial charge in [-0.1, -0.05) is 6.92 Å². The van der Waals surface area contributed by atoms with Crippen molar-refractivity contribution < 1.29 is 18.9 Å². The molecule has 0 spiro atoms. The van der Waals surface area contributed by atoms with Crippen molar-refractivity contribution in [3.8, 4) is 0 Å². The molecule has 4 heterocycles. The molecule has 4 aliphatic heterocycles. The molecule has 1 unspecified atom stereocenters. The lowest BCUT2D eigenvalue weighted by atomic mass is 9.91. The molecule has 4 saturated heterocycles. The highest BCUT2D eigenvalue weighted by molar-refractivity contribution is 4.91. The molecule has 1 atom stereocenters. The van der Waals surface area contributed by atoms with Crippen LogP contribution < -0.4 is 5.32 Å². The first-order valence-electron chi connectivity index (χ1n) is 5.46. The van der Waals surface area contributed by atoms with Gasteiger partial charge in [0.15, 0.2) is 0 Å². The summed E-state index contributed by atoms with van der Waals surface area (Å²) in [6, 6.07) is -0.0175. The Morgan fingerprint density at radius 1 is 1.13 bits per heavy atom. The van der Waals surface area contributed by atoms with Gasteiger partial charge in [0.25, 0.3) is 0 Å². The summed E-state index contributed by atoms with van der Waals surface area (Å²) in [5.74, 6) is -0.905. The zero-order valence-corrected chi connectivity index (χ0v) is 8.95. The second kappa shape index (κ2) is 3.40. The van der Waals surface area contributed by atoms with Crippen molar-refractivity contribution in [1.29, 1.82) is 0 Å². The smallest absolute Gasteiger partial charge is 0.301 e. The average Bonchev–Trinajstić information content (AvgIpc) is 2.32. The summed E-state index contributed by atoms with van der Waals surface area (Å²) in [7, 11) is 0. The van der Waals surface area contributed by atoms with E-state index < -0.39 is 5.97 Å². The van der Waals surface area contributed by atoms with E-state index in [1.54, 1.807) is 0 Å². The fraction of sp³-hybridized carbons (Fsp3) is 1.00. The Morgan fingerprint density at radius 2 is 1.80 bits per heavy atom. The lowest BCUT2D eigenvalue weighted by Gasteiger charge is -2.53. The maximum absolute atomic E-state index is 5.72. The zero-order valence-electron chi connectivity index (χ0n) is 8.95. The fourth-order valence-corrected chi connectivity index (χ4v) is 2.17. The second-order valence-electron chi connectivity index (χ2n) is 4.86. The van der Waals surface area contributed by atoms with Crippen LogP contribution in [0.1, 0.15) is 6.92 Å². The Morgan fingerprint density at radius 3 is 2.33 bits per heavy atom. The summed E-state index contributed by atoms with van der Waals surface area (Å²) < 4.78 is 22.6. The molecule has 5 nitrogen and oxygen atoms in total. The maximum Gasteiger partial charge on any atom is 0.301 e. The van der Waals surface area contributed by atoms with Crippen LogP contribution in [-0.4, -0.2) is 51.6 Å². The topological polar surface area (TPSA) is 49.0 Å². The van der Waals surface area contributed by atoms with E-state index in [4.69, 9.17) is 18.9 Å². The van der Waals surface area contributed by atoms with Crippen molar-refractivity contribution >= 4 is 0 Å². The molecular formula is C10H17NO4. The predicted octanol–water partition coefficient (Wildman–Crippen LogP) is -0.288. The van der Waals surface area contributed by atoms with E-state index in [-0.39, 0.29) is 11.5 Å². The van der Waals surface area contributed by atoms with Crippen LogP contribution in [0.2, 0.25) is 0 Å². The molecule has 4 rings (SSSR count). The van der Waals surface area contributed by atoms with Gasteiger partial charge in [-0.05, 0) is 0 Å². The molecule has 0 aromatic heterocycles. The first-order valence-corrected chi connectivity index (χ1v) is 5.46. The Kier molecular flexibility index (Phi) is 2.26. The van der Waals surface area contributed by atoms with Gasteiger partial charge in [-0.25, -0.2) is 0 Å². The van der Waals surface area contributed by atoms with Crippen LogP contribution in [0.4, 0.5) is 0 Å². The summed E-state index contributed by atoms with van der Waals surface area (Å²) in [5.41, 5.74) is 0.0251. The molecule has 0 radical (unpaired) electrons. The van der Waals surface area contributed by atoms with E-state index in [9.17, 15) is 0 Å². The molecule has 86 valence electrons. The molecule has 0 amide bonds. The number of ether oxygens (including phenoxy) is 4. The minimum atomic E-state index is -0.905. The monoisotopic (exact) mass is 215 g/mol. The predicted molar refractivity (Wildman–Crippen MR) is 51.3 cm³/mol. The normalized spacial score (nSPS) is 50.6. The lowest BCUT2D eigenvalue weighted by molar-refractivity contribution is -0.477. The lowest BCUT2D eigenvalue weighted by Crippen LogP contribution is -2.69. The van der Waals surface area contributed by atoms with Gasteiger partial charge in [-0.3, -0.25) is 0 Å². The first kappa shape index (κ1) is 9.99. The van der Waals surface area contributed by atoms with Gasteiger partial charge >= 0.3 is 5.97 Å². The molecule has 15 heavy (non-hydrogen) atoms. The van der Waals surface area contributed by atoms with E-state index in [2.05, 4.69) is 12.2 Å². The van der Waals surface area contributed by atoms with Gasteiger partial charge in [-0.15, -0.1) is 0 Å². The molecular weight excluding hydrogens is 198 g/mol. The molecule has 0 aromatic rings. The number of hydrogen-bond acceptors (Lipinski definition) is 5. The van der Waals surface area contributed by atoms with E-state index in [1.165, 1.54) is 0 Å².